The Labute approximate surface area is 95.7 Å². The smallest absolute Gasteiger partial charge is 0.344 e. The van der Waals surface area contributed by atoms with Crippen LogP contribution in [0, 0.1) is 16.7 Å². The Balaban J connectivity index is 2.16. The fraction of sp³-hybridized carbons (Fsp3) is 0.833. The lowest BCUT2D eigenvalue weighted by atomic mass is 9.71. The molecule has 2 aliphatic rings. The van der Waals surface area contributed by atoms with Crippen molar-refractivity contribution in [2.24, 2.45) is 21.9 Å². The third kappa shape index (κ3) is 1.60. The van der Waals surface area contributed by atoms with E-state index in [0.29, 0.717) is 5.92 Å². The minimum Gasteiger partial charge on any atom is -0.479 e. The third-order valence-electron chi connectivity index (χ3n) is 4.29. The highest BCUT2D eigenvalue weighted by molar-refractivity contribution is 5.97. The molecule has 0 aromatic rings. The molecule has 0 heterocycles. The Kier molecular flexibility index (Phi) is 2.48. The molecule has 4 nitrogen and oxygen atoms in total. The number of carbonyl (C=O) groups is 1. The van der Waals surface area contributed by atoms with E-state index in [0.717, 1.165) is 18.6 Å². The van der Waals surface area contributed by atoms with Crippen LogP contribution in [0.3, 0.4) is 0 Å². The van der Waals surface area contributed by atoms with Gasteiger partial charge in [0.05, 0.1) is 5.71 Å². The van der Waals surface area contributed by atoms with Gasteiger partial charge in [-0.05, 0) is 25.2 Å². The summed E-state index contributed by atoms with van der Waals surface area (Å²) in [5.41, 5.74) is 1.25. The molecule has 2 bridgehead atoms. The number of aliphatic carboxylic acids is 1. The van der Waals surface area contributed by atoms with E-state index in [4.69, 9.17) is 9.94 Å². The van der Waals surface area contributed by atoms with E-state index in [9.17, 15) is 4.79 Å². The molecule has 0 aromatic carbocycles. The van der Waals surface area contributed by atoms with Gasteiger partial charge >= 0.3 is 5.97 Å². The molecule has 0 aromatic heterocycles. The zero-order valence-electron chi connectivity index (χ0n) is 10.1. The number of fused-ring (bicyclic) bond motifs is 2. The molecule has 16 heavy (non-hydrogen) atoms. The lowest BCUT2D eigenvalue weighted by Crippen LogP contribution is -2.36. The second kappa shape index (κ2) is 3.47. The van der Waals surface area contributed by atoms with Crippen LogP contribution in [0.4, 0.5) is 0 Å². The maximum Gasteiger partial charge on any atom is 0.344 e. The summed E-state index contributed by atoms with van der Waals surface area (Å²) >= 11 is 0. The predicted molar refractivity (Wildman–Crippen MR) is 60.3 cm³/mol. The molecule has 4 heteroatoms. The summed E-state index contributed by atoms with van der Waals surface area (Å²) in [7, 11) is 0. The van der Waals surface area contributed by atoms with Crippen molar-refractivity contribution in [2.45, 2.75) is 40.0 Å². The summed E-state index contributed by atoms with van der Waals surface area (Å²) in [6.45, 7) is 6.24. The van der Waals surface area contributed by atoms with Crippen LogP contribution < -0.4 is 0 Å². The Hall–Kier alpha value is -1.06. The molecule has 0 amide bonds. The molecule has 2 atom stereocenters. The van der Waals surface area contributed by atoms with Gasteiger partial charge in [0.2, 0.25) is 6.61 Å². The second-order valence-corrected chi connectivity index (χ2v) is 5.83. The average molecular weight is 225 g/mol. The fourth-order valence-corrected chi connectivity index (χ4v) is 3.42. The first kappa shape index (κ1) is 11.4. The molecular weight excluding hydrogens is 206 g/mol. The molecule has 2 rings (SSSR count). The van der Waals surface area contributed by atoms with Gasteiger partial charge in [0.15, 0.2) is 0 Å². The Morgan fingerprint density at radius 3 is 2.75 bits per heavy atom. The minimum atomic E-state index is -0.976. The van der Waals surface area contributed by atoms with Crippen LogP contribution in [0.1, 0.15) is 40.0 Å². The van der Waals surface area contributed by atoms with Gasteiger partial charge in [-0.1, -0.05) is 25.9 Å². The normalized spacial score (nSPS) is 37.9. The quantitative estimate of drug-likeness (QED) is 0.750. The first-order valence-electron chi connectivity index (χ1n) is 5.79. The van der Waals surface area contributed by atoms with E-state index in [1.54, 1.807) is 0 Å². The molecule has 2 fully saturated rings. The average Bonchev–Trinajstić information content (AvgIpc) is 2.62. The second-order valence-electron chi connectivity index (χ2n) is 5.83. The molecule has 0 aliphatic heterocycles. The van der Waals surface area contributed by atoms with E-state index >= 15 is 0 Å². The monoisotopic (exact) mass is 225 g/mol. The number of rotatable bonds is 3. The summed E-state index contributed by atoms with van der Waals surface area (Å²) in [4.78, 5) is 15.3. The van der Waals surface area contributed by atoms with Crippen LogP contribution in [0.15, 0.2) is 5.16 Å². The van der Waals surface area contributed by atoms with E-state index in [1.807, 2.05) is 0 Å². The lowest BCUT2D eigenvalue weighted by molar-refractivity contribution is -0.142. The van der Waals surface area contributed by atoms with Gasteiger partial charge in [0.1, 0.15) is 0 Å². The zero-order chi connectivity index (χ0) is 12.0. The maximum absolute atomic E-state index is 10.4. The van der Waals surface area contributed by atoms with E-state index in [1.165, 1.54) is 6.42 Å². The number of oxime groups is 1. The van der Waals surface area contributed by atoms with Crippen LogP contribution in [0.5, 0.6) is 0 Å². The van der Waals surface area contributed by atoms with Crippen molar-refractivity contribution in [3.8, 4) is 0 Å². The van der Waals surface area contributed by atoms with Gasteiger partial charge in [-0.25, -0.2) is 4.79 Å². The topological polar surface area (TPSA) is 58.9 Å². The molecule has 2 saturated carbocycles. The first-order chi connectivity index (χ1) is 7.36. The molecule has 0 spiro atoms. The number of hydrogen-bond acceptors (Lipinski definition) is 3. The Morgan fingerprint density at radius 2 is 2.25 bits per heavy atom. The van der Waals surface area contributed by atoms with Crippen LogP contribution in [0.25, 0.3) is 0 Å². The summed E-state index contributed by atoms with van der Waals surface area (Å²) in [5, 5.41) is 12.6. The lowest BCUT2D eigenvalue weighted by Gasteiger charge is -2.34. The Bertz CT molecular complexity index is 341. The summed E-state index contributed by atoms with van der Waals surface area (Å²) in [5.74, 6) is -0.305. The molecule has 1 N–H and O–H groups in total. The van der Waals surface area contributed by atoms with Crippen molar-refractivity contribution in [2.75, 3.05) is 6.61 Å². The standard InChI is InChI=1S/C12H19NO3/c1-11(2)8-4-5-12(3,6-8)10(11)13-16-7-9(14)15/h8H,4-7H2,1-3H3,(H,14,15)/b13-10-/t8-,12?/m1/s1. The van der Waals surface area contributed by atoms with Crippen molar-refractivity contribution in [1.82, 2.24) is 0 Å². The Morgan fingerprint density at radius 1 is 1.56 bits per heavy atom. The van der Waals surface area contributed by atoms with Gasteiger partial charge in [0.25, 0.3) is 0 Å². The highest BCUT2D eigenvalue weighted by Crippen LogP contribution is 2.60. The number of carboxylic acids is 1. The van der Waals surface area contributed by atoms with Crippen molar-refractivity contribution in [1.29, 1.82) is 0 Å². The summed E-state index contributed by atoms with van der Waals surface area (Å²) < 4.78 is 0. The van der Waals surface area contributed by atoms with Gasteiger partial charge in [-0.2, -0.15) is 0 Å². The predicted octanol–water partition coefficient (Wildman–Crippen LogP) is 2.29. The fourth-order valence-electron chi connectivity index (χ4n) is 3.42. The molecule has 90 valence electrons. The molecule has 1 unspecified atom stereocenters. The number of nitrogens with zero attached hydrogens (tertiary/aromatic N) is 1. The molecular formula is C12H19NO3. The molecule has 0 radical (unpaired) electrons. The summed E-state index contributed by atoms with van der Waals surface area (Å²) in [6.07, 6.45) is 3.56. The van der Waals surface area contributed by atoms with Crippen molar-refractivity contribution in [3.63, 3.8) is 0 Å². The highest BCUT2D eigenvalue weighted by Gasteiger charge is 2.57. The van der Waals surface area contributed by atoms with Gasteiger partial charge in [-0.3, -0.25) is 0 Å². The van der Waals surface area contributed by atoms with E-state index in [-0.39, 0.29) is 17.4 Å². The first-order valence-corrected chi connectivity index (χ1v) is 5.79. The minimum absolute atomic E-state index is 0.0610. The maximum atomic E-state index is 10.4. The van der Waals surface area contributed by atoms with Crippen LogP contribution in [-0.4, -0.2) is 23.4 Å². The molecule has 0 saturated heterocycles. The van der Waals surface area contributed by atoms with E-state index < -0.39 is 5.97 Å². The van der Waals surface area contributed by atoms with Crippen molar-refractivity contribution < 1.29 is 14.7 Å². The van der Waals surface area contributed by atoms with Crippen molar-refractivity contribution >= 4 is 11.7 Å². The van der Waals surface area contributed by atoms with Crippen LogP contribution in [0.2, 0.25) is 0 Å². The van der Waals surface area contributed by atoms with Crippen LogP contribution >= 0.6 is 0 Å². The largest absolute Gasteiger partial charge is 0.479 e. The number of hydrogen-bond donors (Lipinski definition) is 1. The summed E-state index contributed by atoms with van der Waals surface area (Å²) in [6, 6.07) is 0. The van der Waals surface area contributed by atoms with Gasteiger partial charge in [-0.15, -0.1) is 0 Å². The molecule has 2 aliphatic carbocycles. The third-order valence-corrected chi connectivity index (χ3v) is 4.29. The van der Waals surface area contributed by atoms with Gasteiger partial charge < -0.3 is 9.94 Å². The van der Waals surface area contributed by atoms with Crippen LogP contribution in [-0.2, 0) is 9.63 Å². The number of carboxylic acid groups (broad SMARTS) is 1. The zero-order valence-corrected chi connectivity index (χ0v) is 10.1. The van der Waals surface area contributed by atoms with Gasteiger partial charge in [0, 0.05) is 10.8 Å². The highest BCUT2D eigenvalue weighted by atomic mass is 16.6. The SMILES string of the molecule is CC12CC[C@H](C1)C(C)(C)/C2=N/OCC(=O)O. The van der Waals surface area contributed by atoms with Crippen molar-refractivity contribution in [3.05, 3.63) is 0 Å². The van der Waals surface area contributed by atoms with E-state index in [2.05, 4.69) is 25.9 Å².